The summed E-state index contributed by atoms with van der Waals surface area (Å²) in [6.45, 7) is 0.365. The number of nitrogens with zero attached hydrogens (tertiary/aromatic N) is 3. The summed E-state index contributed by atoms with van der Waals surface area (Å²) in [5.74, 6) is -6.52. The zero-order chi connectivity index (χ0) is 27.7. The number of likely N-dealkylation sites (N-methyl/N-ethyl adjacent to an activating group) is 1. The van der Waals surface area contributed by atoms with Gasteiger partial charge < -0.3 is 36.0 Å². The van der Waals surface area contributed by atoms with Crippen LogP contribution in [0.3, 0.4) is 0 Å². The predicted molar refractivity (Wildman–Crippen MR) is 136 cm³/mol. The first-order valence-electron chi connectivity index (χ1n) is 12.0. The SMILES string of the molecule is CN(C)Cc1cc(N(C)C)c2c(c1O)C(O)=C1C(=O)[C@]3(O)C(O)=C(C(N)=O)C(=O)C(N(C)C)[C@H]3C[C@H]1C2. The van der Waals surface area contributed by atoms with Gasteiger partial charge >= 0.3 is 0 Å². The van der Waals surface area contributed by atoms with Gasteiger partial charge in [-0.05, 0) is 58.6 Å². The standard InChI is InChI=1S/C26H34N4O7/c1-28(2)10-12-9-15(29(3)4)13-7-11-8-14-19(30(5)6)22(33)18(25(27)36)24(35)26(14,37)23(34)16(11)21(32)17(13)20(12)31/h9,11,14,19,31-32,35,37H,7-8,10H2,1-6H3,(H2,27,36)/t11-,14-,19?,26+/m1/s1. The molecule has 11 nitrogen and oxygen atoms in total. The van der Waals surface area contributed by atoms with Gasteiger partial charge in [-0.3, -0.25) is 19.3 Å². The van der Waals surface area contributed by atoms with E-state index in [9.17, 15) is 34.8 Å². The van der Waals surface area contributed by atoms with Crippen LogP contribution in [0.15, 0.2) is 23.0 Å². The van der Waals surface area contributed by atoms with Gasteiger partial charge in [-0.2, -0.15) is 0 Å². The highest BCUT2D eigenvalue weighted by molar-refractivity contribution is 6.24. The van der Waals surface area contributed by atoms with Crippen molar-refractivity contribution in [2.24, 2.45) is 17.6 Å². The molecule has 0 heterocycles. The molecule has 200 valence electrons. The third-order valence-electron chi connectivity index (χ3n) is 7.74. The quantitative estimate of drug-likeness (QED) is 0.340. The largest absolute Gasteiger partial charge is 0.508 e. The normalized spacial score (nSPS) is 27.4. The molecule has 1 amide bonds. The second kappa shape index (κ2) is 8.86. The van der Waals surface area contributed by atoms with Crippen LogP contribution in [0.4, 0.5) is 5.69 Å². The van der Waals surface area contributed by atoms with Crippen molar-refractivity contribution in [3.05, 3.63) is 39.7 Å². The highest BCUT2D eigenvalue weighted by atomic mass is 16.3. The van der Waals surface area contributed by atoms with Gasteiger partial charge in [-0.25, -0.2) is 0 Å². The lowest BCUT2D eigenvalue weighted by Gasteiger charge is -2.50. The first-order valence-corrected chi connectivity index (χ1v) is 12.0. The molecule has 0 spiro atoms. The number of hydrogen-bond donors (Lipinski definition) is 5. The van der Waals surface area contributed by atoms with Gasteiger partial charge in [0, 0.05) is 43.4 Å². The van der Waals surface area contributed by atoms with Crippen molar-refractivity contribution in [1.29, 1.82) is 0 Å². The number of benzene rings is 1. The van der Waals surface area contributed by atoms with Gasteiger partial charge in [0.2, 0.25) is 5.78 Å². The van der Waals surface area contributed by atoms with Crippen molar-refractivity contribution < 1.29 is 34.8 Å². The number of aliphatic hydroxyl groups excluding tert-OH is 2. The fourth-order valence-electron chi connectivity index (χ4n) is 6.21. The van der Waals surface area contributed by atoms with Gasteiger partial charge in [0.25, 0.3) is 5.91 Å². The number of amides is 1. The van der Waals surface area contributed by atoms with Crippen molar-refractivity contribution in [3.63, 3.8) is 0 Å². The number of primary amides is 1. The lowest BCUT2D eigenvalue weighted by Crippen LogP contribution is -2.65. The first-order chi connectivity index (χ1) is 17.1. The molecule has 1 aromatic rings. The average Bonchev–Trinajstić information content (AvgIpc) is 2.77. The third-order valence-corrected chi connectivity index (χ3v) is 7.74. The summed E-state index contributed by atoms with van der Waals surface area (Å²) in [7, 11) is 10.5. The molecule has 3 aliphatic rings. The Morgan fingerprint density at radius 3 is 2.24 bits per heavy atom. The fourth-order valence-corrected chi connectivity index (χ4v) is 6.21. The van der Waals surface area contributed by atoms with E-state index in [-0.39, 0.29) is 29.7 Å². The fraction of sp³-hybridized carbons (Fsp3) is 0.500. The van der Waals surface area contributed by atoms with Crippen LogP contribution in [0, 0.1) is 11.8 Å². The average molecular weight is 515 g/mol. The monoisotopic (exact) mass is 514 g/mol. The molecule has 1 fully saturated rings. The van der Waals surface area contributed by atoms with E-state index in [1.807, 2.05) is 44.1 Å². The topological polar surface area (TPSA) is 168 Å². The first kappa shape index (κ1) is 26.6. The Balaban J connectivity index is 2.00. The Kier molecular flexibility index (Phi) is 6.38. The summed E-state index contributed by atoms with van der Waals surface area (Å²) in [6.07, 6.45) is 0.302. The van der Waals surface area contributed by atoms with Gasteiger partial charge in [-0.1, -0.05) is 0 Å². The van der Waals surface area contributed by atoms with Gasteiger partial charge in [0.1, 0.15) is 22.8 Å². The smallest absolute Gasteiger partial charge is 0.255 e. The minimum atomic E-state index is -2.65. The summed E-state index contributed by atoms with van der Waals surface area (Å²) in [6, 6.07) is 0.732. The number of anilines is 1. The van der Waals surface area contributed by atoms with Crippen molar-refractivity contribution in [2.45, 2.75) is 31.0 Å². The van der Waals surface area contributed by atoms with Crippen molar-refractivity contribution in [2.75, 3.05) is 47.2 Å². The molecule has 0 radical (unpaired) electrons. The molecule has 6 N–H and O–H groups in total. The van der Waals surface area contributed by atoms with Crippen LogP contribution in [0.2, 0.25) is 0 Å². The molecule has 4 rings (SSSR count). The molecular formula is C26H34N4O7. The van der Waals surface area contributed by atoms with Crippen LogP contribution in [0.1, 0.15) is 23.1 Å². The number of phenols is 1. The maximum Gasteiger partial charge on any atom is 0.255 e. The van der Waals surface area contributed by atoms with E-state index in [4.69, 9.17) is 5.73 Å². The summed E-state index contributed by atoms with van der Waals surface area (Å²) in [5.41, 5.74) is 3.75. The van der Waals surface area contributed by atoms with Crippen LogP contribution in [-0.4, -0.2) is 102 Å². The maximum absolute atomic E-state index is 13.9. The van der Waals surface area contributed by atoms with Crippen LogP contribution < -0.4 is 10.6 Å². The van der Waals surface area contributed by atoms with Gasteiger partial charge in [0.05, 0.1) is 11.6 Å². The van der Waals surface area contributed by atoms with Crippen LogP contribution in [-0.2, 0) is 27.3 Å². The Hall–Kier alpha value is -3.41. The summed E-state index contributed by atoms with van der Waals surface area (Å²) in [4.78, 5) is 44.4. The van der Waals surface area contributed by atoms with Crippen molar-refractivity contribution in [3.8, 4) is 5.75 Å². The predicted octanol–water partition coefficient (Wildman–Crippen LogP) is 0.0916. The van der Waals surface area contributed by atoms with E-state index in [1.54, 1.807) is 14.1 Å². The number of hydrogen-bond acceptors (Lipinski definition) is 10. The summed E-state index contributed by atoms with van der Waals surface area (Å²) in [5, 5.41) is 45.3. The maximum atomic E-state index is 13.9. The van der Waals surface area contributed by atoms with E-state index >= 15 is 0 Å². The van der Waals surface area contributed by atoms with Crippen molar-refractivity contribution >= 4 is 28.9 Å². The number of aromatic hydroxyl groups is 1. The Morgan fingerprint density at radius 1 is 1.11 bits per heavy atom. The molecule has 37 heavy (non-hydrogen) atoms. The molecule has 3 aliphatic carbocycles. The minimum absolute atomic E-state index is 0.0544. The Morgan fingerprint density at radius 2 is 1.73 bits per heavy atom. The number of carbonyl (C=O) groups is 3. The second-order valence-corrected chi connectivity index (χ2v) is 10.9. The number of rotatable bonds is 5. The van der Waals surface area contributed by atoms with Crippen molar-refractivity contribution in [1.82, 2.24) is 9.80 Å². The highest BCUT2D eigenvalue weighted by Gasteiger charge is 2.64. The molecule has 0 aromatic heterocycles. The summed E-state index contributed by atoms with van der Waals surface area (Å²) >= 11 is 0. The van der Waals surface area contributed by atoms with E-state index in [2.05, 4.69) is 0 Å². The number of aliphatic hydroxyl groups is 3. The van der Waals surface area contributed by atoms with Crippen LogP contribution in [0.5, 0.6) is 5.75 Å². The zero-order valence-corrected chi connectivity index (χ0v) is 21.9. The second-order valence-electron chi connectivity index (χ2n) is 10.9. The Labute approximate surface area is 215 Å². The zero-order valence-electron chi connectivity index (χ0n) is 21.9. The number of ketones is 2. The van der Waals surface area contributed by atoms with E-state index in [1.165, 1.54) is 4.90 Å². The van der Waals surface area contributed by atoms with Crippen LogP contribution in [0.25, 0.3) is 5.76 Å². The van der Waals surface area contributed by atoms with E-state index in [0.29, 0.717) is 17.7 Å². The molecule has 1 saturated carbocycles. The number of fused-ring (bicyclic) bond motifs is 3. The molecule has 0 saturated heterocycles. The summed E-state index contributed by atoms with van der Waals surface area (Å²) < 4.78 is 0. The van der Waals surface area contributed by atoms with E-state index < -0.39 is 58.0 Å². The third kappa shape index (κ3) is 3.72. The van der Waals surface area contributed by atoms with Gasteiger partial charge in [-0.15, -0.1) is 0 Å². The Bertz CT molecular complexity index is 1280. The number of carbonyl (C=O) groups excluding carboxylic acids is 3. The molecular weight excluding hydrogens is 480 g/mol. The number of Topliss-reactive ketones (excluding diaryl/α,β-unsaturated/α-hetero) is 2. The highest BCUT2D eigenvalue weighted by Crippen LogP contribution is 2.54. The van der Waals surface area contributed by atoms with Crippen LogP contribution >= 0.6 is 0 Å². The lowest BCUT2D eigenvalue weighted by atomic mass is 9.57. The minimum Gasteiger partial charge on any atom is -0.508 e. The lowest BCUT2D eigenvalue weighted by molar-refractivity contribution is -0.153. The molecule has 4 atom stereocenters. The molecule has 1 aromatic carbocycles. The molecule has 1 unspecified atom stereocenters. The molecule has 0 bridgehead atoms. The molecule has 0 aliphatic heterocycles. The molecule has 11 heteroatoms. The van der Waals surface area contributed by atoms with Gasteiger partial charge in [0.15, 0.2) is 11.4 Å². The number of nitrogens with two attached hydrogens (primary N) is 1. The number of phenolic OH excluding ortho intramolecular Hbond substituents is 1. The van der Waals surface area contributed by atoms with E-state index in [0.717, 1.165) is 5.69 Å².